The Kier molecular flexibility index (Phi) is 4.96. The van der Waals surface area contributed by atoms with Gasteiger partial charge in [-0.15, -0.1) is 0 Å². The molecule has 2 rings (SSSR count). The van der Waals surface area contributed by atoms with Crippen LogP contribution in [-0.4, -0.2) is 4.92 Å². The maximum absolute atomic E-state index is 11.1. The molecule has 5 heteroatoms. The molecule has 110 valence electrons. The first-order valence-electron chi connectivity index (χ1n) is 6.74. The standard InChI is InChI=1S/C16H17BrN2O2/c1-11(2)12-4-7-15(8-5-12)18-10-13-3-6-14(17)9-16(13)19(20)21/h3-9,11,18H,10H2,1-2H3. The molecule has 0 unspecified atom stereocenters. The van der Waals surface area contributed by atoms with Crippen molar-refractivity contribution in [1.29, 1.82) is 0 Å². The number of nitrogens with one attached hydrogen (secondary N) is 1. The average molecular weight is 349 g/mol. The summed E-state index contributed by atoms with van der Waals surface area (Å²) in [4.78, 5) is 10.7. The topological polar surface area (TPSA) is 55.2 Å². The van der Waals surface area contributed by atoms with E-state index in [1.807, 2.05) is 18.2 Å². The number of hydrogen-bond donors (Lipinski definition) is 1. The SMILES string of the molecule is CC(C)c1ccc(NCc2ccc(Br)cc2[N+](=O)[O-])cc1. The molecule has 0 bridgehead atoms. The quantitative estimate of drug-likeness (QED) is 0.604. The predicted molar refractivity (Wildman–Crippen MR) is 88.7 cm³/mol. The summed E-state index contributed by atoms with van der Waals surface area (Å²) in [5, 5.41) is 14.3. The first-order chi connectivity index (χ1) is 9.97. The van der Waals surface area contributed by atoms with E-state index < -0.39 is 0 Å². The molecule has 0 aliphatic heterocycles. The van der Waals surface area contributed by atoms with E-state index >= 15 is 0 Å². The summed E-state index contributed by atoms with van der Waals surface area (Å²) in [5.74, 6) is 0.492. The maximum Gasteiger partial charge on any atom is 0.275 e. The summed E-state index contributed by atoms with van der Waals surface area (Å²) in [5.41, 5.74) is 3.01. The van der Waals surface area contributed by atoms with Gasteiger partial charge in [0.1, 0.15) is 0 Å². The van der Waals surface area contributed by atoms with Gasteiger partial charge in [-0.25, -0.2) is 0 Å². The molecule has 0 radical (unpaired) electrons. The molecule has 0 aliphatic rings. The zero-order chi connectivity index (χ0) is 15.4. The first-order valence-corrected chi connectivity index (χ1v) is 7.53. The highest BCUT2D eigenvalue weighted by molar-refractivity contribution is 9.10. The van der Waals surface area contributed by atoms with Crippen LogP contribution in [0.1, 0.15) is 30.9 Å². The fourth-order valence-corrected chi connectivity index (χ4v) is 2.39. The molecule has 2 aromatic rings. The van der Waals surface area contributed by atoms with Crippen LogP contribution in [0.3, 0.4) is 0 Å². The van der Waals surface area contributed by atoms with Crippen molar-refractivity contribution in [2.45, 2.75) is 26.3 Å². The van der Waals surface area contributed by atoms with Gasteiger partial charge in [0.2, 0.25) is 0 Å². The normalized spacial score (nSPS) is 10.7. The second kappa shape index (κ2) is 6.72. The van der Waals surface area contributed by atoms with Crippen molar-refractivity contribution in [2.75, 3.05) is 5.32 Å². The smallest absolute Gasteiger partial charge is 0.275 e. The fraction of sp³-hybridized carbons (Fsp3) is 0.250. The van der Waals surface area contributed by atoms with E-state index in [-0.39, 0.29) is 10.6 Å². The van der Waals surface area contributed by atoms with Crippen molar-refractivity contribution in [3.05, 3.63) is 68.2 Å². The number of anilines is 1. The van der Waals surface area contributed by atoms with Crippen molar-refractivity contribution in [3.8, 4) is 0 Å². The van der Waals surface area contributed by atoms with Gasteiger partial charge in [-0.1, -0.05) is 41.9 Å². The van der Waals surface area contributed by atoms with Crippen molar-refractivity contribution in [1.82, 2.24) is 0 Å². The Morgan fingerprint density at radius 3 is 2.43 bits per heavy atom. The lowest BCUT2D eigenvalue weighted by Crippen LogP contribution is -2.03. The van der Waals surface area contributed by atoms with Crippen molar-refractivity contribution < 1.29 is 4.92 Å². The van der Waals surface area contributed by atoms with Crippen LogP contribution in [0.25, 0.3) is 0 Å². The summed E-state index contributed by atoms with van der Waals surface area (Å²) in [7, 11) is 0. The van der Waals surface area contributed by atoms with Crippen LogP contribution < -0.4 is 5.32 Å². The number of nitro groups is 1. The molecule has 2 aromatic carbocycles. The minimum Gasteiger partial charge on any atom is -0.381 e. The van der Waals surface area contributed by atoms with Crippen LogP contribution in [0.15, 0.2) is 46.9 Å². The highest BCUT2D eigenvalue weighted by Gasteiger charge is 2.13. The Bertz CT molecular complexity index is 639. The zero-order valence-electron chi connectivity index (χ0n) is 12.0. The van der Waals surface area contributed by atoms with Gasteiger partial charge in [0.25, 0.3) is 5.69 Å². The fourth-order valence-electron chi connectivity index (χ4n) is 2.04. The molecule has 4 nitrogen and oxygen atoms in total. The molecular formula is C16H17BrN2O2. The molecule has 0 aliphatic carbocycles. The number of nitrogens with zero attached hydrogens (tertiary/aromatic N) is 1. The van der Waals surface area contributed by atoms with Crippen LogP contribution in [0, 0.1) is 10.1 Å². The van der Waals surface area contributed by atoms with Crippen molar-refractivity contribution >= 4 is 27.3 Å². The molecule has 0 amide bonds. The number of hydrogen-bond acceptors (Lipinski definition) is 3. The third-order valence-corrected chi connectivity index (χ3v) is 3.80. The van der Waals surface area contributed by atoms with Crippen LogP contribution >= 0.6 is 15.9 Å². The van der Waals surface area contributed by atoms with Gasteiger partial charge in [-0.05, 0) is 35.7 Å². The van der Waals surface area contributed by atoms with E-state index in [1.165, 1.54) is 11.6 Å². The summed E-state index contributed by atoms with van der Waals surface area (Å²) in [6.07, 6.45) is 0. The molecule has 1 N–H and O–H groups in total. The van der Waals surface area contributed by atoms with Crippen molar-refractivity contribution in [2.24, 2.45) is 0 Å². The van der Waals surface area contributed by atoms with Gasteiger partial charge in [0, 0.05) is 28.3 Å². The van der Waals surface area contributed by atoms with Crippen molar-refractivity contribution in [3.63, 3.8) is 0 Å². The Morgan fingerprint density at radius 2 is 1.86 bits per heavy atom. The van der Waals surface area contributed by atoms with Gasteiger partial charge >= 0.3 is 0 Å². The third kappa shape index (κ3) is 4.04. The molecule has 0 heterocycles. The van der Waals surface area contributed by atoms with E-state index in [4.69, 9.17) is 0 Å². The molecular weight excluding hydrogens is 332 g/mol. The minimum absolute atomic E-state index is 0.121. The summed E-state index contributed by atoms with van der Waals surface area (Å²) >= 11 is 3.26. The molecule has 0 aromatic heterocycles. The number of nitro benzene ring substituents is 1. The average Bonchev–Trinajstić information content (AvgIpc) is 2.46. The van der Waals surface area contributed by atoms with Gasteiger partial charge in [-0.3, -0.25) is 10.1 Å². The van der Waals surface area contributed by atoms with Crippen LogP contribution in [-0.2, 0) is 6.54 Å². The molecule has 0 spiro atoms. The second-order valence-electron chi connectivity index (χ2n) is 5.16. The Balaban J connectivity index is 2.11. The number of rotatable bonds is 5. The van der Waals surface area contributed by atoms with Gasteiger partial charge < -0.3 is 5.32 Å². The molecule has 0 atom stereocenters. The molecule has 0 saturated heterocycles. The minimum atomic E-state index is -0.358. The lowest BCUT2D eigenvalue weighted by atomic mass is 10.0. The van der Waals surface area contributed by atoms with Gasteiger partial charge in [-0.2, -0.15) is 0 Å². The molecule has 0 saturated carbocycles. The Labute approximate surface area is 132 Å². The van der Waals surface area contributed by atoms with Crippen LogP contribution in [0.5, 0.6) is 0 Å². The van der Waals surface area contributed by atoms with E-state index in [1.54, 1.807) is 6.07 Å². The van der Waals surface area contributed by atoms with Crippen LogP contribution in [0.4, 0.5) is 11.4 Å². The van der Waals surface area contributed by atoms with Crippen LogP contribution in [0.2, 0.25) is 0 Å². The van der Waals surface area contributed by atoms with E-state index in [0.29, 0.717) is 22.5 Å². The highest BCUT2D eigenvalue weighted by Crippen LogP contribution is 2.25. The highest BCUT2D eigenvalue weighted by atomic mass is 79.9. The number of halogens is 1. The van der Waals surface area contributed by atoms with E-state index in [9.17, 15) is 10.1 Å². The Morgan fingerprint density at radius 1 is 1.19 bits per heavy atom. The molecule has 0 fully saturated rings. The monoisotopic (exact) mass is 348 g/mol. The predicted octanol–water partition coefficient (Wildman–Crippen LogP) is 5.09. The summed E-state index contributed by atoms with van der Waals surface area (Å²) in [6, 6.07) is 13.2. The van der Waals surface area contributed by atoms with Gasteiger partial charge in [0.05, 0.1) is 4.92 Å². The largest absolute Gasteiger partial charge is 0.381 e. The van der Waals surface area contributed by atoms with Gasteiger partial charge in [0.15, 0.2) is 0 Å². The first kappa shape index (κ1) is 15.5. The summed E-state index contributed by atoms with van der Waals surface area (Å²) in [6.45, 7) is 4.71. The lowest BCUT2D eigenvalue weighted by molar-refractivity contribution is -0.385. The second-order valence-corrected chi connectivity index (χ2v) is 6.08. The maximum atomic E-state index is 11.1. The Hall–Kier alpha value is -1.88. The molecule has 21 heavy (non-hydrogen) atoms. The van der Waals surface area contributed by atoms with E-state index in [0.717, 1.165) is 5.69 Å². The summed E-state index contributed by atoms with van der Waals surface area (Å²) < 4.78 is 0.708. The third-order valence-electron chi connectivity index (χ3n) is 3.30. The zero-order valence-corrected chi connectivity index (χ0v) is 13.6. The van der Waals surface area contributed by atoms with E-state index in [2.05, 4.69) is 47.2 Å². The number of benzene rings is 2. The lowest BCUT2D eigenvalue weighted by Gasteiger charge is -2.10.